The lowest BCUT2D eigenvalue weighted by atomic mass is 10.2. The summed E-state index contributed by atoms with van der Waals surface area (Å²) < 4.78 is 37.8. The number of hydrogen-bond acceptors (Lipinski definition) is 3. The lowest BCUT2D eigenvalue weighted by molar-refractivity contribution is 0.273. The fourth-order valence-electron chi connectivity index (χ4n) is 1.77. The fourth-order valence-corrected chi connectivity index (χ4v) is 1.77. The van der Waals surface area contributed by atoms with Gasteiger partial charge in [-0.25, -0.2) is 8.78 Å². The van der Waals surface area contributed by atoms with Crippen LogP contribution in [-0.2, 0) is 6.61 Å². The summed E-state index contributed by atoms with van der Waals surface area (Å²) in [6.07, 6.45) is 0. The summed E-state index contributed by atoms with van der Waals surface area (Å²) in [5, 5.41) is 7.17. The van der Waals surface area contributed by atoms with E-state index in [-0.39, 0.29) is 12.2 Å². The minimum absolute atomic E-state index is 0.00947. The zero-order valence-corrected chi connectivity index (χ0v) is 11.3. The Morgan fingerprint density at radius 3 is 2.43 bits per heavy atom. The van der Waals surface area contributed by atoms with Crippen molar-refractivity contribution in [3.05, 3.63) is 59.2 Å². The van der Waals surface area contributed by atoms with Crippen molar-refractivity contribution in [2.24, 2.45) is 5.73 Å². The van der Waals surface area contributed by atoms with Gasteiger partial charge in [0.1, 0.15) is 18.2 Å². The first-order valence-corrected chi connectivity index (χ1v) is 6.10. The van der Waals surface area contributed by atoms with Crippen LogP contribution in [0.4, 0.5) is 8.78 Å². The summed E-state index contributed by atoms with van der Waals surface area (Å²) in [5.74, 6) is -2.08. The highest BCUT2D eigenvalue weighted by molar-refractivity contribution is 5.95. The van der Waals surface area contributed by atoms with Gasteiger partial charge in [-0.3, -0.25) is 5.41 Å². The topological polar surface area (TPSA) is 68.3 Å². The first kappa shape index (κ1) is 14.8. The highest BCUT2D eigenvalue weighted by atomic mass is 19.1. The van der Waals surface area contributed by atoms with Crippen molar-refractivity contribution in [2.45, 2.75) is 6.61 Å². The van der Waals surface area contributed by atoms with Gasteiger partial charge in [0.2, 0.25) is 0 Å². The molecule has 0 aliphatic rings. The van der Waals surface area contributed by atoms with E-state index in [1.54, 1.807) is 24.3 Å². The van der Waals surface area contributed by atoms with Crippen LogP contribution in [0.5, 0.6) is 11.5 Å². The Kier molecular flexibility index (Phi) is 4.37. The molecule has 0 aliphatic carbocycles. The van der Waals surface area contributed by atoms with Gasteiger partial charge in [-0.15, -0.1) is 0 Å². The van der Waals surface area contributed by atoms with E-state index in [0.717, 1.165) is 12.1 Å². The summed E-state index contributed by atoms with van der Waals surface area (Å²) in [7, 11) is 1.53. The van der Waals surface area contributed by atoms with Crippen LogP contribution in [0.15, 0.2) is 36.4 Å². The molecular weight excluding hydrogens is 278 g/mol. The molecule has 0 spiro atoms. The smallest absolute Gasteiger partial charge is 0.191 e. The number of halogens is 2. The van der Waals surface area contributed by atoms with E-state index in [2.05, 4.69) is 0 Å². The second-order valence-corrected chi connectivity index (χ2v) is 4.32. The average molecular weight is 292 g/mol. The minimum atomic E-state index is -0.900. The van der Waals surface area contributed by atoms with Crippen LogP contribution in [0.2, 0.25) is 0 Å². The third kappa shape index (κ3) is 3.47. The predicted molar refractivity (Wildman–Crippen MR) is 74.7 cm³/mol. The Labute approximate surface area is 120 Å². The van der Waals surface area contributed by atoms with Gasteiger partial charge in [0.25, 0.3) is 0 Å². The van der Waals surface area contributed by atoms with Gasteiger partial charge in [-0.05, 0) is 29.8 Å². The summed E-state index contributed by atoms with van der Waals surface area (Å²) in [6, 6.07) is 8.90. The third-order valence-electron chi connectivity index (χ3n) is 2.83. The molecule has 0 saturated carbocycles. The Balaban J connectivity index is 2.18. The van der Waals surface area contributed by atoms with Crippen LogP contribution in [-0.4, -0.2) is 12.9 Å². The molecule has 2 aromatic carbocycles. The molecule has 0 aliphatic heterocycles. The Morgan fingerprint density at radius 1 is 1.19 bits per heavy atom. The summed E-state index contributed by atoms with van der Waals surface area (Å²) >= 11 is 0. The van der Waals surface area contributed by atoms with E-state index >= 15 is 0 Å². The second-order valence-electron chi connectivity index (χ2n) is 4.32. The average Bonchev–Trinajstić information content (AvgIpc) is 2.46. The number of nitrogens with one attached hydrogen (secondary N) is 1. The van der Waals surface area contributed by atoms with Gasteiger partial charge in [-0.2, -0.15) is 0 Å². The molecular formula is C15H14F2N2O2. The predicted octanol–water partition coefficient (Wildman–Crippen LogP) is 2.84. The maximum absolute atomic E-state index is 13.8. The van der Waals surface area contributed by atoms with E-state index < -0.39 is 23.2 Å². The molecule has 6 heteroatoms. The quantitative estimate of drug-likeness (QED) is 0.657. The molecule has 4 nitrogen and oxygen atoms in total. The number of benzene rings is 2. The van der Waals surface area contributed by atoms with E-state index in [9.17, 15) is 8.78 Å². The maximum atomic E-state index is 13.8. The minimum Gasteiger partial charge on any atom is -0.497 e. The van der Waals surface area contributed by atoms with Gasteiger partial charge in [0.05, 0.1) is 7.11 Å². The molecule has 21 heavy (non-hydrogen) atoms. The van der Waals surface area contributed by atoms with Gasteiger partial charge in [0, 0.05) is 5.56 Å². The van der Waals surface area contributed by atoms with E-state index in [4.69, 9.17) is 20.6 Å². The number of nitrogen functional groups attached to an aromatic ring is 1. The van der Waals surface area contributed by atoms with Gasteiger partial charge in [-0.1, -0.05) is 12.1 Å². The van der Waals surface area contributed by atoms with Crippen LogP contribution < -0.4 is 15.2 Å². The largest absolute Gasteiger partial charge is 0.497 e. The monoisotopic (exact) mass is 292 g/mol. The molecule has 0 unspecified atom stereocenters. The van der Waals surface area contributed by atoms with Gasteiger partial charge >= 0.3 is 0 Å². The molecule has 0 atom stereocenters. The molecule has 110 valence electrons. The van der Waals surface area contributed by atoms with Crippen molar-refractivity contribution in [2.75, 3.05) is 7.11 Å². The highest BCUT2D eigenvalue weighted by Crippen LogP contribution is 2.24. The third-order valence-corrected chi connectivity index (χ3v) is 2.83. The Morgan fingerprint density at radius 2 is 1.86 bits per heavy atom. The van der Waals surface area contributed by atoms with Crippen molar-refractivity contribution in [1.82, 2.24) is 0 Å². The van der Waals surface area contributed by atoms with Crippen LogP contribution in [0, 0.1) is 17.0 Å². The number of nitrogens with two attached hydrogens (primary N) is 1. The molecule has 0 saturated heterocycles. The molecule has 0 heterocycles. The molecule has 0 bridgehead atoms. The fraction of sp³-hybridized carbons (Fsp3) is 0.133. The van der Waals surface area contributed by atoms with Gasteiger partial charge < -0.3 is 15.2 Å². The van der Waals surface area contributed by atoms with Gasteiger partial charge in [0.15, 0.2) is 17.4 Å². The first-order chi connectivity index (χ1) is 10.0. The number of methoxy groups -OCH3 is 1. The molecule has 2 aromatic rings. The summed E-state index contributed by atoms with van der Waals surface area (Å²) in [6.45, 7) is -0.00947. The van der Waals surface area contributed by atoms with Crippen LogP contribution in [0.3, 0.4) is 0 Å². The van der Waals surface area contributed by atoms with Crippen LogP contribution in [0.1, 0.15) is 11.1 Å². The van der Waals surface area contributed by atoms with Crippen molar-refractivity contribution in [3.8, 4) is 11.5 Å². The van der Waals surface area contributed by atoms with Crippen LogP contribution >= 0.6 is 0 Å². The zero-order chi connectivity index (χ0) is 15.4. The van der Waals surface area contributed by atoms with E-state index in [0.29, 0.717) is 11.3 Å². The molecule has 0 radical (unpaired) electrons. The lowest BCUT2D eigenvalue weighted by Crippen LogP contribution is -2.12. The Bertz CT molecular complexity index is 651. The van der Waals surface area contributed by atoms with Crippen molar-refractivity contribution in [3.63, 3.8) is 0 Å². The normalized spacial score (nSPS) is 10.2. The first-order valence-electron chi connectivity index (χ1n) is 6.10. The van der Waals surface area contributed by atoms with E-state index in [1.807, 2.05) is 0 Å². The molecule has 2 rings (SSSR count). The van der Waals surface area contributed by atoms with E-state index in [1.165, 1.54) is 7.11 Å². The van der Waals surface area contributed by atoms with Crippen molar-refractivity contribution < 1.29 is 18.3 Å². The number of amidine groups is 1. The molecule has 0 amide bonds. The van der Waals surface area contributed by atoms with Crippen molar-refractivity contribution in [1.29, 1.82) is 5.41 Å². The summed E-state index contributed by atoms with van der Waals surface area (Å²) in [5.41, 5.74) is 5.88. The number of hydrogen-bond donors (Lipinski definition) is 2. The molecule has 3 N–H and O–H groups in total. The highest BCUT2D eigenvalue weighted by Gasteiger charge is 2.14. The number of ether oxygens (including phenoxy) is 2. The maximum Gasteiger partial charge on any atom is 0.191 e. The summed E-state index contributed by atoms with van der Waals surface area (Å²) in [4.78, 5) is 0. The standard InChI is InChI=1S/C15H14F2N2O2/c1-20-11-4-2-3-9(5-11)8-21-14-12(16)6-10(15(18)19)7-13(14)17/h2-7H,8H2,1H3,(H3,18,19). The number of rotatable bonds is 5. The Hall–Kier alpha value is -2.63. The lowest BCUT2D eigenvalue weighted by Gasteiger charge is -2.10. The zero-order valence-electron chi connectivity index (χ0n) is 11.3. The second kappa shape index (κ2) is 6.21. The van der Waals surface area contributed by atoms with Crippen LogP contribution in [0.25, 0.3) is 0 Å². The van der Waals surface area contributed by atoms with Crippen molar-refractivity contribution >= 4 is 5.84 Å². The molecule has 0 aromatic heterocycles. The molecule has 0 fully saturated rings. The SMILES string of the molecule is COc1cccc(COc2c(F)cc(C(=N)N)cc2F)c1.